The number of H-pyrrole nitrogens is 1. The monoisotopic (exact) mass is 474 g/mol. The summed E-state index contributed by atoms with van der Waals surface area (Å²) >= 11 is 13.9. The van der Waals surface area contributed by atoms with E-state index >= 15 is 0 Å². The molecule has 152 valence electrons. The molecule has 1 amide bonds. The van der Waals surface area contributed by atoms with Crippen LogP contribution in [0.5, 0.6) is 0 Å². The van der Waals surface area contributed by atoms with Crippen LogP contribution in [0, 0.1) is 3.95 Å². The second kappa shape index (κ2) is 9.13. The maximum atomic E-state index is 12.5. The van der Waals surface area contributed by atoms with Gasteiger partial charge in [-0.3, -0.25) is 14.2 Å². The minimum atomic E-state index is -0.273. The average molecular weight is 475 g/mol. The van der Waals surface area contributed by atoms with E-state index in [1.54, 1.807) is 10.6 Å². The van der Waals surface area contributed by atoms with E-state index < -0.39 is 0 Å². The lowest BCUT2D eigenvalue weighted by molar-refractivity contribution is -0.118. The second-order valence-corrected chi connectivity index (χ2v) is 9.23. The third-order valence-corrected chi connectivity index (χ3v) is 6.81. The summed E-state index contributed by atoms with van der Waals surface area (Å²) in [7, 11) is 0. The van der Waals surface area contributed by atoms with Crippen LogP contribution in [0.4, 0.5) is 0 Å². The molecule has 6 nitrogen and oxygen atoms in total. The number of amides is 1. The van der Waals surface area contributed by atoms with Crippen molar-refractivity contribution in [3.63, 3.8) is 0 Å². The van der Waals surface area contributed by atoms with E-state index in [-0.39, 0.29) is 17.2 Å². The average Bonchev–Trinajstić information content (AvgIpc) is 3.09. The zero-order chi connectivity index (χ0) is 21.1. The molecule has 0 atom stereocenters. The standard InChI is InChI=1S/C20H15ClN4O2S3/c21-14-9-5-4-6-12(14)10-22-15(26)11-29-19-23-17-16(18(27)24-19)30-20(28)25(17)13-7-2-1-3-8-13/h1-9H,10-11H2,(H,22,26)(H,23,24,27). The molecular weight excluding hydrogens is 460 g/mol. The number of nitrogens with zero attached hydrogens (tertiary/aromatic N) is 2. The summed E-state index contributed by atoms with van der Waals surface area (Å²) in [6.07, 6.45) is 0. The van der Waals surface area contributed by atoms with Gasteiger partial charge in [-0.15, -0.1) is 0 Å². The molecule has 0 unspecified atom stereocenters. The van der Waals surface area contributed by atoms with E-state index in [9.17, 15) is 9.59 Å². The van der Waals surface area contributed by atoms with Crippen LogP contribution >= 0.6 is 46.9 Å². The van der Waals surface area contributed by atoms with Crippen molar-refractivity contribution in [2.24, 2.45) is 0 Å². The van der Waals surface area contributed by atoms with Gasteiger partial charge in [-0.2, -0.15) is 0 Å². The Labute approximate surface area is 189 Å². The van der Waals surface area contributed by atoms with Crippen LogP contribution < -0.4 is 10.9 Å². The molecule has 0 aliphatic heterocycles. The van der Waals surface area contributed by atoms with Crippen molar-refractivity contribution in [2.75, 3.05) is 5.75 Å². The summed E-state index contributed by atoms with van der Waals surface area (Å²) in [5.74, 6) is -0.0809. The SMILES string of the molecule is O=C(CSc1nc2c(sc(=S)n2-c2ccccc2)c(=O)[nH]1)NCc1ccccc1Cl. The fourth-order valence-electron chi connectivity index (χ4n) is 2.79. The van der Waals surface area contributed by atoms with E-state index in [0.29, 0.717) is 31.0 Å². The number of benzene rings is 2. The molecule has 4 aromatic rings. The van der Waals surface area contributed by atoms with Crippen LogP contribution in [0.1, 0.15) is 5.56 Å². The normalized spacial score (nSPS) is 11.0. The summed E-state index contributed by atoms with van der Waals surface area (Å²) in [5, 5.41) is 3.78. The highest BCUT2D eigenvalue weighted by Crippen LogP contribution is 2.24. The molecule has 0 bridgehead atoms. The molecule has 4 rings (SSSR count). The topological polar surface area (TPSA) is 79.8 Å². The molecule has 0 fully saturated rings. The molecule has 0 radical (unpaired) electrons. The number of rotatable bonds is 6. The molecule has 0 aliphatic carbocycles. The third-order valence-electron chi connectivity index (χ3n) is 4.21. The van der Waals surface area contributed by atoms with Crippen molar-refractivity contribution in [3.8, 4) is 5.69 Å². The first-order valence-corrected chi connectivity index (χ1v) is 11.5. The van der Waals surface area contributed by atoms with Gasteiger partial charge in [0.1, 0.15) is 4.70 Å². The van der Waals surface area contributed by atoms with Crippen molar-refractivity contribution < 1.29 is 4.79 Å². The molecule has 2 aromatic carbocycles. The van der Waals surface area contributed by atoms with Crippen molar-refractivity contribution >= 4 is 63.2 Å². The molecule has 0 aliphatic rings. The van der Waals surface area contributed by atoms with E-state index in [1.165, 1.54) is 11.3 Å². The molecule has 0 saturated heterocycles. The van der Waals surface area contributed by atoms with Crippen LogP contribution in [-0.2, 0) is 11.3 Å². The first-order chi connectivity index (χ1) is 14.5. The number of halogens is 1. The number of hydrogen-bond acceptors (Lipinski definition) is 6. The number of fused-ring (bicyclic) bond motifs is 1. The zero-order valence-corrected chi connectivity index (χ0v) is 18.6. The highest BCUT2D eigenvalue weighted by atomic mass is 35.5. The molecule has 2 aromatic heterocycles. The van der Waals surface area contributed by atoms with Crippen molar-refractivity contribution in [1.29, 1.82) is 0 Å². The van der Waals surface area contributed by atoms with Crippen LogP contribution in [0.2, 0.25) is 5.02 Å². The van der Waals surface area contributed by atoms with E-state index in [2.05, 4.69) is 15.3 Å². The quantitative estimate of drug-likeness (QED) is 0.243. The Kier molecular flexibility index (Phi) is 6.33. The smallest absolute Gasteiger partial charge is 0.271 e. The fourth-order valence-corrected chi connectivity index (χ4v) is 4.95. The molecule has 0 saturated carbocycles. The summed E-state index contributed by atoms with van der Waals surface area (Å²) in [6, 6.07) is 16.8. The highest BCUT2D eigenvalue weighted by Gasteiger charge is 2.14. The van der Waals surface area contributed by atoms with Gasteiger partial charge in [-0.05, 0) is 36.0 Å². The number of carbonyl (C=O) groups excluding carboxylic acids is 1. The molecule has 10 heteroatoms. The highest BCUT2D eigenvalue weighted by molar-refractivity contribution is 7.99. The number of thiazole rings is 1. The van der Waals surface area contributed by atoms with E-state index in [1.807, 2.05) is 48.5 Å². The summed E-state index contributed by atoms with van der Waals surface area (Å²) in [6.45, 7) is 0.333. The van der Waals surface area contributed by atoms with E-state index in [0.717, 1.165) is 23.0 Å². The Hall–Kier alpha value is -2.46. The Balaban J connectivity index is 1.52. The van der Waals surface area contributed by atoms with Crippen LogP contribution in [0.25, 0.3) is 16.0 Å². The maximum Gasteiger partial charge on any atom is 0.271 e. The predicted molar refractivity (Wildman–Crippen MR) is 124 cm³/mol. The van der Waals surface area contributed by atoms with Crippen molar-refractivity contribution in [1.82, 2.24) is 19.9 Å². The minimum absolute atomic E-state index is 0.106. The summed E-state index contributed by atoms with van der Waals surface area (Å²) < 4.78 is 2.76. The Morgan fingerprint density at radius 3 is 2.70 bits per heavy atom. The Bertz CT molecular complexity index is 1330. The largest absolute Gasteiger partial charge is 0.351 e. The van der Waals surface area contributed by atoms with Crippen molar-refractivity contribution in [2.45, 2.75) is 11.7 Å². The lowest BCUT2D eigenvalue weighted by Crippen LogP contribution is -2.25. The number of carbonyl (C=O) groups is 1. The fraction of sp³-hybridized carbons (Fsp3) is 0.100. The number of aromatic amines is 1. The van der Waals surface area contributed by atoms with Gasteiger partial charge in [0.25, 0.3) is 5.56 Å². The molecule has 2 N–H and O–H groups in total. The van der Waals surface area contributed by atoms with Gasteiger partial charge in [-0.1, -0.05) is 71.1 Å². The van der Waals surface area contributed by atoms with Gasteiger partial charge < -0.3 is 10.3 Å². The first kappa shape index (κ1) is 20.8. The lowest BCUT2D eigenvalue weighted by atomic mass is 10.2. The zero-order valence-electron chi connectivity index (χ0n) is 15.4. The number of thioether (sulfide) groups is 1. The Morgan fingerprint density at radius 1 is 1.20 bits per heavy atom. The molecule has 2 heterocycles. The number of hydrogen-bond donors (Lipinski definition) is 2. The van der Waals surface area contributed by atoms with Gasteiger partial charge in [0.2, 0.25) is 5.91 Å². The third kappa shape index (κ3) is 4.49. The summed E-state index contributed by atoms with van der Waals surface area (Å²) in [4.78, 5) is 32.0. The van der Waals surface area contributed by atoms with Gasteiger partial charge in [0.15, 0.2) is 14.8 Å². The number of aromatic nitrogens is 3. The minimum Gasteiger partial charge on any atom is -0.351 e. The van der Waals surface area contributed by atoms with Crippen LogP contribution in [-0.4, -0.2) is 26.2 Å². The summed E-state index contributed by atoms with van der Waals surface area (Å²) in [5.41, 5.74) is 1.88. The van der Waals surface area contributed by atoms with Gasteiger partial charge in [0, 0.05) is 17.3 Å². The molecule has 30 heavy (non-hydrogen) atoms. The van der Waals surface area contributed by atoms with E-state index in [4.69, 9.17) is 23.8 Å². The second-order valence-electron chi connectivity index (χ2n) is 6.22. The predicted octanol–water partition coefficient (Wildman–Crippen LogP) is 4.57. The van der Waals surface area contributed by atoms with Crippen LogP contribution in [0.3, 0.4) is 0 Å². The number of nitrogens with one attached hydrogen (secondary N) is 2. The van der Waals surface area contributed by atoms with Gasteiger partial charge >= 0.3 is 0 Å². The maximum absolute atomic E-state index is 12.5. The molecular formula is C20H15ClN4O2S3. The molecule has 0 spiro atoms. The first-order valence-electron chi connectivity index (χ1n) is 8.87. The lowest BCUT2D eigenvalue weighted by Gasteiger charge is -2.07. The van der Waals surface area contributed by atoms with Gasteiger partial charge in [-0.25, -0.2) is 4.98 Å². The van der Waals surface area contributed by atoms with Crippen molar-refractivity contribution in [3.05, 3.63) is 79.5 Å². The van der Waals surface area contributed by atoms with Gasteiger partial charge in [0.05, 0.1) is 5.75 Å². The number of para-hydroxylation sites is 1. The van der Waals surface area contributed by atoms with Crippen LogP contribution in [0.15, 0.2) is 64.5 Å². The Morgan fingerprint density at radius 2 is 1.93 bits per heavy atom.